The summed E-state index contributed by atoms with van der Waals surface area (Å²) in [5.41, 5.74) is 5.56. The number of nitrogens with one attached hydrogen (secondary N) is 1. The van der Waals surface area contributed by atoms with Crippen LogP contribution in [0.5, 0.6) is 0 Å². The van der Waals surface area contributed by atoms with Gasteiger partial charge in [-0.2, -0.15) is 5.26 Å². The molecule has 0 saturated heterocycles. The highest BCUT2D eigenvalue weighted by molar-refractivity contribution is 5.60. The third kappa shape index (κ3) is 2.80. The summed E-state index contributed by atoms with van der Waals surface area (Å²) in [4.78, 5) is 8.76. The largest absolute Gasteiger partial charge is 0.365 e. The number of nitrogens with zero attached hydrogens (tertiary/aromatic N) is 3. The highest BCUT2D eigenvalue weighted by Crippen LogP contribution is 2.30. The summed E-state index contributed by atoms with van der Waals surface area (Å²) in [5.74, 6) is 0.733. The molecular weight excluding hydrogens is 272 g/mol. The van der Waals surface area contributed by atoms with Crippen molar-refractivity contribution < 1.29 is 0 Å². The lowest BCUT2D eigenvalue weighted by atomic mass is 9.87. The number of pyridine rings is 2. The number of aryl methyl sites for hydroxylation is 1. The lowest BCUT2D eigenvalue weighted by Gasteiger charge is -2.22. The first-order chi connectivity index (χ1) is 10.8. The number of nitriles is 1. The van der Waals surface area contributed by atoms with Crippen molar-refractivity contribution in [2.24, 2.45) is 0 Å². The molecule has 4 heteroatoms. The maximum atomic E-state index is 9.60. The van der Waals surface area contributed by atoms with E-state index >= 15 is 0 Å². The second kappa shape index (κ2) is 6.57. The first kappa shape index (κ1) is 14.5. The number of hydrogen-bond acceptors (Lipinski definition) is 4. The summed E-state index contributed by atoms with van der Waals surface area (Å²) >= 11 is 0. The molecule has 0 aliphatic heterocycles. The van der Waals surface area contributed by atoms with Crippen LogP contribution >= 0.6 is 0 Å². The van der Waals surface area contributed by atoms with Gasteiger partial charge in [-0.25, -0.2) is 4.98 Å². The first-order valence-electron chi connectivity index (χ1n) is 7.91. The minimum absolute atomic E-state index is 0.659. The van der Waals surface area contributed by atoms with Crippen molar-refractivity contribution in [3.8, 4) is 6.07 Å². The minimum Gasteiger partial charge on any atom is -0.365 e. The van der Waals surface area contributed by atoms with Crippen LogP contribution < -0.4 is 5.32 Å². The highest BCUT2D eigenvalue weighted by atomic mass is 15.0. The Hall–Kier alpha value is -2.41. The van der Waals surface area contributed by atoms with E-state index < -0.39 is 0 Å². The summed E-state index contributed by atoms with van der Waals surface area (Å²) in [6, 6.07) is 6.31. The topological polar surface area (TPSA) is 61.6 Å². The zero-order valence-electron chi connectivity index (χ0n) is 12.9. The number of aromatic nitrogens is 2. The summed E-state index contributed by atoms with van der Waals surface area (Å²) in [6.45, 7) is 2.79. The number of fused-ring (bicyclic) bond motifs is 1. The average Bonchev–Trinajstić information content (AvgIpc) is 2.59. The van der Waals surface area contributed by atoms with Crippen LogP contribution in [0.4, 0.5) is 5.82 Å². The first-order valence-corrected chi connectivity index (χ1v) is 7.91. The van der Waals surface area contributed by atoms with E-state index in [2.05, 4.69) is 23.3 Å². The Balaban J connectivity index is 1.95. The molecular formula is C18H20N4. The lowest BCUT2D eigenvalue weighted by molar-refractivity contribution is 0.671. The van der Waals surface area contributed by atoms with Crippen molar-refractivity contribution in [2.45, 2.75) is 45.6 Å². The van der Waals surface area contributed by atoms with E-state index in [-0.39, 0.29) is 0 Å². The predicted octanol–water partition coefficient (Wildman–Crippen LogP) is 3.40. The van der Waals surface area contributed by atoms with E-state index in [1.54, 1.807) is 12.4 Å². The molecule has 0 radical (unpaired) electrons. The van der Waals surface area contributed by atoms with Crippen LogP contribution in [0.3, 0.4) is 0 Å². The van der Waals surface area contributed by atoms with E-state index in [0.717, 1.165) is 41.9 Å². The molecule has 0 amide bonds. The standard InChI is InChI=1S/C18H20N4/c1-2-17-15-6-4-3-5-14(15)16(11-19)18(22-17)21-12-13-7-9-20-10-8-13/h7-10H,2-6,12H2,1H3,(H,21,22). The van der Waals surface area contributed by atoms with Gasteiger partial charge in [-0.05, 0) is 60.9 Å². The van der Waals surface area contributed by atoms with Gasteiger partial charge in [0, 0.05) is 24.6 Å². The highest BCUT2D eigenvalue weighted by Gasteiger charge is 2.21. The molecule has 0 aromatic carbocycles. The van der Waals surface area contributed by atoms with Crippen molar-refractivity contribution >= 4 is 5.82 Å². The van der Waals surface area contributed by atoms with E-state index in [9.17, 15) is 5.26 Å². The Morgan fingerprint density at radius 1 is 1.18 bits per heavy atom. The monoisotopic (exact) mass is 292 g/mol. The van der Waals surface area contributed by atoms with Gasteiger partial charge in [-0.1, -0.05) is 6.92 Å². The number of hydrogen-bond donors (Lipinski definition) is 1. The average molecular weight is 292 g/mol. The molecule has 0 spiro atoms. The van der Waals surface area contributed by atoms with E-state index in [0.29, 0.717) is 6.54 Å². The molecule has 1 N–H and O–H groups in total. The van der Waals surface area contributed by atoms with Crippen molar-refractivity contribution in [1.82, 2.24) is 9.97 Å². The van der Waals surface area contributed by atoms with E-state index in [4.69, 9.17) is 4.98 Å². The molecule has 2 aromatic rings. The molecule has 0 bridgehead atoms. The van der Waals surface area contributed by atoms with Crippen molar-refractivity contribution in [2.75, 3.05) is 5.32 Å². The molecule has 0 atom stereocenters. The van der Waals surface area contributed by atoms with Crippen molar-refractivity contribution in [3.05, 3.63) is 52.5 Å². The Morgan fingerprint density at radius 3 is 2.59 bits per heavy atom. The molecule has 1 aliphatic rings. The summed E-state index contributed by atoms with van der Waals surface area (Å²) in [5, 5.41) is 12.9. The molecule has 4 nitrogen and oxygen atoms in total. The Labute approximate surface area is 131 Å². The smallest absolute Gasteiger partial charge is 0.144 e. The van der Waals surface area contributed by atoms with Crippen LogP contribution in [-0.4, -0.2) is 9.97 Å². The third-order valence-electron chi connectivity index (χ3n) is 4.26. The quantitative estimate of drug-likeness (QED) is 0.938. The maximum Gasteiger partial charge on any atom is 0.144 e. The van der Waals surface area contributed by atoms with Gasteiger partial charge in [0.05, 0.1) is 5.56 Å². The fourth-order valence-corrected chi connectivity index (χ4v) is 3.13. The third-order valence-corrected chi connectivity index (χ3v) is 4.26. The molecule has 1 aliphatic carbocycles. The minimum atomic E-state index is 0.659. The lowest BCUT2D eigenvalue weighted by Crippen LogP contribution is -2.14. The fraction of sp³-hybridized carbons (Fsp3) is 0.389. The van der Waals surface area contributed by atoms with E-state index in [1.807, 2.05) is 12.1 Å². The van der Waals surface area contributed by atoms with Gasteiger partial charge in [0.1, 0.15) is 11.9 Å². The van der Waals surface area contributed by atoms with Crippen molar-refractivity contribution in [3.63, 3.8) is 0 Å². The van der Waals surface area contributed by atoms with Gasteiger partial charge < -0.3 is 5.32 Å². The molecule has 2 aromatic heterocycles. The normalized spacial score (nSPS) is 13.3. The van der Waals surface area contributed by atoms with Crippen LogP contribution in [0.2, 0.25) is 0 Å². The van der Waals surface area contributed by atoms with Crippen LogP contribution in [0, 0.1) is 11.3 Å². The van der Waals surface area contributed by atoms with Crippen LogP contribution in [0.25, 0.3) is 0 Å². The summed E-state index contributed by atoms with van der Waals surface area (Å²) < 4.78 is 0. The van der Waals surface area contributed by atoms with Gasteiger partial charge in [-0.3, -0.25) is 4.98 Å². The van der Waals surface area contributed by atoms with Gasteiger partial charge >= 0.3 is 0 Å². The summed E-state index contributed by atoms with van der Waals surface area (Å²) in [7, 11) is 0. The van der Waals surface area contributed by atoms with Crippen LogP contribution in [0.15, 0.2) is 24.5 Å². The Kier molecular flexibility index (Phi) is 4.34. The molecule has 0 fully saturated rings. The maximum absolute atomic E-state index is 9.60. The molecule has 0 saturated carbocycles. The molecule has 112 valence electrons. The molecule has 22 heavy (non-hydrogen) atoms. The molecule has 3 rings (SSSR count). The van der Waals surface area contributed by atoms with Gasteiger partial charge in [0.25, 0.3) is 0 Å². The summed E-state index contributed by atoms with van der Waals surface area (Å²) in [6.07, 6.45) is 8.90. The Bertz CT molecular complexity index is 701. The fourth-order valence-electron chi connectivity index (χ4n) is 3.13. The zero-order valence-corrected chi connectivity index (χ0v) is 12.9. The van der Waals surface area contributed by atoms with E-state index in [1.165, 1.54) is 24.0 Å². The second-order valence-corrected chi connectivity index (χ2v) is 5.62. The van der Waals surface area contributed by atoms with Crippen LogP contribution in [0.1, 0.15) is 47.7 Å². The zero-order chi connectivity index (χ0) is 15.4. The number of rotatable bonds is 4. The van der Waals surface area contributed by atoms with Gasteiger partial charge in [0.15, 0.2) is 0 Å². The molecule has 0 unspecified atom stereocenters. The predicted molar refractivity (Wildman–Crippen MR) is 86.5 cm³/mol. The van der Waals surface area contributed by atoms with Gasteiger partial charge in [0.2, 0.25) is 0 Å². The van der Waals surface area contributed by atoms with Gasteiger partial charge in [-0.15, -0.1) is 0 Å². The van der Waals surface area contributed by atoms with Crippen LogP contribution in [-0.2, 0) is 25.8 Å². The van der Waals surface area contributed by atoms with Crippen molar-refractivity contribution in [1.29, 1.82) is 5.26 Å². The Morgan fingerprint density at radius 2 is 1.91 bits per heavy atom. The SMILES string of the molecule is CCc1nc(NCc2ccncc2)c(C#N)c2c1CCCC2. The molecule has 2 heterocycles. The second-order valence-electron chi connectivity index (χ2n) is 5.62. The number of anilines is 1.